The van der Waals surface area contributed by atoms with Crippen molar-refractivity contribution in [3.63, 3.8) is 0 Å². The second-order valence-corrected chi connectivity index (χ2v) is 8.78. The first kappa shape index (κ1) is 15.5. The van der Waals surface area contributed by atoms with Crippen LogP contribution in [-0.4, -0.2) is 23.0 Å². The Morgan fingerprint density at radius 3 is 2.91 bits per heavy atom. The number of carbonyl (C=O) groups is 1. The van der Waals surface area contributed by atoms with E-state index in [4.69, 9.17) is 0 Å². The van der Waals surface area contributed by atoms with Gasteiger partial charge in [-0.05, 0) is 54.7 Å². The van der Waals surface area contributed by atoms with E-state index in [1.165, 1.54) is 31.0 Å². The molecule has 122 valence electrons. The van der Waals surface area contributed by atoms with Crippen molar-refractivity contribution in [1.82, 2.24) is 5.32 Å². The van der Waals surface area contributed by atoms with Gasteiger partial charge < -0.3 is 10.4 Å². The minimum absolute atomic E-state index is 0.223. The zero-order valence-electron chi connectivity index (χ0n) is 13.1. The molecule has 2 aliphatic carbocycles. The van der Waals surface area contributed by atoms with Gasteiger partial charge >= 0.3 is 0 Å². The van der Waals surface area contributed by atoms with Crippen LogP contribution in [0.25, 0.3) is 0 Å². The lowest BCUT2D eigenvalue weighted by atomic mass is 9.75. The molecule has 4 rings (SSSR count). The Kier molecular flexibility index (Phi) is 4.10. The van der Waals surface area contributed by atoms with Crippen LogP contribution in [0.3, 0.4) is 0 Å². The van der Waals surface area contributed by atoms with Gasteiger partial charge in [0.05, 0.1) is 5.03 Å². The average molecular weight is 348 g/mol. The van der Waals surface area contributed by atoms with Gasteiger partial charge in [0.15, 0.2) is 5.62 Å². The van der Waals surface area contributed by atoms with E-state index in [1.807, 2.05) is 30.9 Å². The Bertz CT molecular complexity index is 660. The number of benzene rings is 1. The normalized spacial score (nSPS) is 35.3. The fraction of sp³-hybridized carbons (Fsp3) is 0.500. The zero-order chi connectivity index (χ0) is 16.0. The van der Waals surface area contributed by atoms with Gasteiger partial charge in [-0.3, -0.25) is 4.79 Å². The number of thioether (sulfide) groups is 2. The summed E-state index contributed by atoms with van der Waals surface area (Å²) in [7, 11) is 1.95. The van der Waals surface area contributed by atoms with Crippen LogP contribution in [0.5, 0.6) is 5.75 Å². The number of hydrogen-bond donors (Lipinski definition) is 2. The number of allylic oxidation sites excluding steroid dienone is 1. The van der Waals surface area contributed by atoms with Crippen LogP contribution in [0.4, 0.5) is 0 Å². The molecule has 3 aliphatic rings. The largest absolute Gasteiger partial charge is 0.508 e. The van der Waals surface area contributed by atoms with Crippen molar-refractivity contribution in [1.29, 1.82) is 0 Å². The van der Waals surface area contributed by atoms with Crippen molar-refractivity contribution in [3.05, 3.63) is 39.8 Å². The molecule has 0 aromatic heterocycles. The summed E-state index contributed by atoms with van der Waals surface area (Å²) in [6.07, 6.45) is 3.99. The molecule has 1 aliphatic heterocycles. The number of aromatic hydroxyl groups is 1. The van der Waals surface area contributed by atoms with E-state index in [0.29, 0.717) is 16.9 Å². The topological polar surface area (TPSA) is 49.3 Å². The smallest absolute Gasteiger partial charge is 0.180 e. The van der Waals surface area contributed by atoms with Crippen molar-refractivity contribution in [2.75, 3.05) is 7.05 Å². The van der Waals surface area contributed by atoms with E-state index in [2.05, 4.69) is 11.4 Å². The predicted molar refractivity (Wildman–Crippen MR) is 97.0 cm³/mol. The molecule has 0 amide bonds. The first-order valence-electron chi connectivity index (χ1n) is 8.20. The number of fused-ring (bicyclic) bond motifs is 5. The summed E-state index contributed by atoms with van der Waals surface area (Å²) in [6.45, 7) is 0. The molecule has 5 atom stereocenters. The summed E-state index contributed by atoms with van der Waals surface area (Å²) >= 11 is 3.25. The molecule has 1 unspecified atom stereocenters. The lowest BCUT2D eigenvalue weighted by molar-refractivity contribution is 0.311. The molecule has 0 saturated heterocycles. The fourth-order valence-electron chi connectivity index (χ4n) is 4.88. The minimum Gasteiger partial charge on any atom is -0.508 e. The molecule has 23 heavy (non-hydrogen) atoms. The monoisotopic (exact) mass is 347 g/mol. The maximum atomic E-state index is 11.3. The van der Waals surface area contributed by atoms with Gasteiger partial charge in [0.1, 0.15) is 5.75 Å². The maximum Gasteiger partial charge on any atom is 0.180 e. The quantitative estimate of drug-likeness (QED) is 0.808. The first-order valence-corrected chi connectivity index (χ1v) is 9.96. The van der Waals surface area contributed by atoms with E-state index in [0.717, 1.165) is 33.0 Å². The number of nitrogens with one attached hydrogen (secondary N) is 1. The Labute approximate surface area is 145 Å². The summed E-state index contributed by atoms with van der Waals surface area (Å²) in [6, 6.07) is 7.61. The molecule has 2 saturated carbocycles. The van der Waals surface area contributed by atoms with Crippen LogP contribution < -0.4 is 5.32 Å². The summed E-state index contributed by atoms with van der Waals surface area (Å²) in [5.41, 5.74) is 2.08. The third-order valence-corrected chi connectivity index (χ3v) is 8.25. The van der Waals surface area contributed by atoms with Gasteiger partial charge in [-0.15, -0.1) is 11.8 Å². The number of rotatable bonds is 4. The Hall–Kier alpha value is -1.07. The van der Waals surface area contributed by atoms with Crippen LogP contribution in [0.2, 0.25) is 0 Å². The molecular weight excluding hydrogens is 326 g/mol. The molecule has 0 spiro atoms. The summed E-state index contributed by atoms with van der Waals surface area (Å²) in [5, 5.41) is 15.0. The first-order chi connectivity index (χ1) is 11.2. The molecule has 5 heteroatoms. The summed E-state index contributed by atoms with van der Waals surface area (Å²) in [4.78, 5) is 12.4. The zero-order valence-corrected chi connectivity index (χ0v) is 14.7. The number of carbonyl (C=O) groups excluding carboxylic acids is 1. The number of hydrogen-bond acceptors (Lipinski definition) is 5. The van der Waals surface area contributed by atoms with Crippen molar-refractivity contribution in [3.8, 4) is 5.75 Å². The van der Waals surface area contributed by atoms with E-state index in [9.17, 15) is 9.90 Å². The molecule has 1 heterocycles. The standard InChI is InChI=1S/C18H21NO2S2/c1-19-18-17(22-9-20)15(10-3-2-4-13(21)8-10)14-11-5-6-12(7-11)16(14)23-18/h2-4,8-9,11-12,14-16,19,21H,5-7H2,1H3/t11-,12?,14-,15-,16-/m1/s1. The highest BCUT2D eigenvalue weighted by atomic mass is 32.2. The van der Waals surface area contributed by atoms with Crippen LogP contribution >= 0.6 is 23.5 Å². The molecule has 1 aromatic carbocycles. The van der Waals surface area contributed by atoms with Crippen molar-refractivity contribution in [2.45, 2.75) is 30.4 Å². The van der Waals surface area contributed by atoms with Crippen LogP contribution in [0.15, 0.2) is 34.2 Å². The lowest BCUT2D eigenvalue weighted by Gasteiger charge is -2.42. The van der Waals surface area contributed by atoms with Crippen molar-refractivity contribution < 1.29 is 9.90 Å². The summed E-state index contributed by atoms with van der Waals surface area (Å²) in [5.74, 6) is 2.68. The van der Waals surface area contributed by atoms with Crippen LogP contribution in [0.1, 0.15) is 30.7 Å². The predicted octanol–water partition coefficient (Wildman–Crippen LogP) is 3.95. The second kappa shape index (κ2) is 6.10. The number of phenolic OH excluding ortho intramolecular Hbond substituents is 1. The molecule has 2 N–H and O–H groups in total. The highest BCUT2D eigenvalue weighted by Crippen LogP contribution is 2.64. The average Bonchev–Trinajstić information content (AvgIpc) is 3.16. The molecule has 2 fully saturated rings. The van der Waals surface area contributed by atoms with Gasteiger partial charge in [0.25, 0.3) is 0 Å². The Morgan fingerprint density at radius 2 is 2.17 bits per heavy atom. The molecule has 0 radical (unpaired) electrons. The van der Waals surface area contributed by atoms with E-state index >= 15 is 0 Å². The van der Waals surface area contributed by atoms with Gasteiger partial charge in [0.2, 0.25) is 0 Å². The molecule has 2 bridgehead atoms. The highest BCUT2D eigenvalue weighted by Gasteiger charge is 2.54. The minimum atomic E-state index is 0.223. The lowest BCUT2D eigenvalue weighted by Crippen LogP contribution is -2.36. The molecular formula is C18H21NO2S2. The summed E-state index contributed by atoms with van der Waals surface area (Å²) < 4.78 is 0. The molecule has 1 aromatic rings. The fourth-order valence-corrected chi connectivity index (χ4v) is 7.53. The van der Waals surface area contributed by atoms with Crippen molar-refractivity contribution in [2.24, 2.45) is 17.8 Å². The maximum absolute atomic E-state index is 11.3. The van der Waals surface area contributed by atoms with Crippen molar-refractivity contribution >= 4 is 29.1 Å². The highest BCUT2D eigenvalue weighted by molar-refractivity contribution is 8.16. The third-order valence-electron chi connectivity index (χ3n) is 5.68. The SMILES string of the molecule is CNC1=C(SC=O)[C@H](c2cccc(O)c2)[C@H]2[C@@H]3CCC(C3)[C@H]2S1. The third kappa shape index (κ3) is 2.49. The Balaban J connectivity index is 1.83. The van der Waals surface area contributed by atoms with E-state index < -0.39 is 0 Å². The van der Waals surface area contributed by atoms with E-state index in [1.54, 1.807) is 6.07 Å². The van der Waals surface area contributed by atoms with Crippen LogP contribution in [-0.2, 0) is 4.79 Å². The van der Waals surface area contributed by atoms with Gasteiger partial charge in [0, 0.05) is 23.1 Å². The van der Waals surface area contributed by atoms with E-state index in [-0.39, 0.29) is 5.92 Å². The van der Waals surface area contributed by atoms with Crippen LogP contribution in [0, 0.1) is 17.8 Å². The van der Waals surface area contributed by atoms with Gasteiger partial charge in [-0.2, -0.15) is 0 Å². The Morgan fingerprint density at radius 1 is 1.35 bits per heavy atom. The number of phenols is 1. The second-order valence-electron chi connectivity index (χ2n) is 6.72. The molecule has 3 nitrogen and oxygen atoms in total. The van der Waals surface area contributed by atoms with Gasteiger partial charge in [-0.25, -0.2) is 0 Å². The van der Waals surface area contributed by atoms with Gasteiger partial charge in [-0.1, -0.05) is 23.9 Å².